The maximum atomic E-state index is 13.9. The van der Waals surface area contributed by atoms with Crippen LogP contribution in [0.3, 0.4) is 0 Å². The van der Waals surface area contributed by atoms with Gasteiger partial charge in [-0.2, -0.15) is 0 Å². The highest BCUT2D eigenvalue weighted by molar-refractivity contribution is 6.03. The van der Waals surface area contributed by atoms with Gasteiger partial charge < -0.3 is 10.2 Å². The van der Waals surface area contributed by atoms with Crippen molar-refractivity contribution in [1.82, 2.24) is 0 Å². The summed E-state index contributed by atoms with van der Waals surface area (Å²) < 4.78 is 26.9. The van der Waals surface area contributed by atoms with Crippen LogP contribution in [0.5, 0.6) is 0 Å². The van der Waals surface area contributed by atoms with Crippen molar-refractivity contribution in [2.75, 3.05) is 16.8 Å². The summed E-state index contributed by atoms with van der Waals surface area (Å²) in [6.45, 7) is 1.46. The second-order valence-electron chi connectivity index (χ2n) is 6.12. The molecule has 7 heteroatoms. The fourth-order valence-corrected chi connectivity index (χ4v) is 2.85. The van der Waals surface area contributed by atoms with Gasteiger partial charge in [-0.05, 0) is 43.3 Å². The zero-order valence-corrected chi connectivity index (χ0v) is 14.0. The molecular formula is C19H16F2N2O3. The van der Waals surface area contributed by atoms with E-state index >= 15 is 0 Å². The van der Waals surface area contributed by atoms with Crippen LogP contribution >= 0.6 is 0 Å². The fraction of sp³-hybridized carbons (Fsp3) is 0.211. The van der Waals surface area contributed by atoms with Gasteiger partial charge in [0.25, 0.3) is 0 Å². The molecule has 0 bridgehead atoms. The third-order valence-electron chi connectivity index (χ3n) is 4.26. The Bertz CT molecular complexity index is 881. The zero-order chi connectivity index (χ0) is 18.8. The number of carbonyl (C=O) groups is 3. The first kappa shape index (κ1) is 17.7. The molecule has 134 valence electrons. The number of nitrogens with zero attached hydrogens (tertiary/aromatic N) is 1. The Kier molecular flexibility index (Phi) is 4.79. The van der Waals surface area contributed by atoms with Crippen molar-refractivity contribution >= 4 is 29.0 Å². The molecule has 2 aromatic rings. The second-order valence-corrected chi connectivity index (χ2v) is 6.12. The number of Topliss-reactive ketones (excluding diaryl/α,β-unsaturated/α-hetero) is 1. The van der Waals surface area contributed by atoms with E-state index < -0.39 is 23.5 Å². The molecule has 1 aliphatic rings. The minimum absolute atomic E-state index is 0.0126. The predicted molar refractivity (Wildman–Crippen MR) is 91.9 cm³/mol. The summed E-state index contributed by atoms with van der Waals surface area (Å²) in [5.74, 6) is -3.09. The van der Waals surface area contributed by atoms with Crippen LogP contribution in [0.4, 0.5) is 20.2 Å². The summed E-state index contributed by atoms with van der Waals surface area (Å²) in [6.07, 6.45) is -0.0613. The number of amides is 2. The van der Waals surface area contributed by atoms with Crippen molar-refractivity contribution in [3.8, 4) is 0 Å². The van der Waals surface area contributed by atoms with Crippen LogP contribution in [0.2, 0.25) is 0 Å². The molecule has 2 amide bonds. The van der Waals surface area contributed by atoms with Crippen molar-refractivity contribution in [2.24, 2.45) is 5.92 Å². The summed E-state index contributed by atoms with van der Waals surface area (Å²) in [5.41, 5.74) is 0.980. The van der Waals surface area contributed by atoms with E-state index in [0.717, 1.165) is 11.0 Å². The van der Waals surface area contributed by atoms with Gasteiger partial charge in [0.1, 0.15) is 11.6 Å². The first-order chi connectivity index (χ1) is 12.3. The van der Waals surface area contributed by atoms with E-state index in [-0.39, 0.29) is 30.3 Å². The zero-order valence-electron chi connectivity index (χ0n) is 14.0. The first-order valence-electron chi connectivity index (χ1n) is 8.02. The van der Waals surface area contributed by atoms with Gasteiger partial charge in [-0.1, -0.05) is 0 Å². The van der Waals surface area contributed by atoms with Crippen LogP contribution < -0.4 is 10.2 Å². The van der Waals surface area contributed by atoms with Gasteiger partial charge in [-0.3, -0.25) is 14.4 Å². The largest absolute Gasteiger partial charge is 0.326 e. The third kappa shape index (κ3) is 3.61. The van der Waals surface area contributed by atoms with Gasteiger partial charge in [0, 0.05) is 30.3 Å². The van der Waals surface area contributed by atoms with Crippen LogP contribution in [-0.4, -0.2) is 24.1 Å². The summed E-state index contributed by atoms with van der Waals surface area (Å²) in [6, 6.07) is 9.34. The molecule has 0 aliphatic carbocycles. The predicted octanol–water partition coefficient (Wildman–Crippen LogP) is 3.16. The van der Waals surface area contributed by atoms with Gasteiger partial charge in [-0.25, -0.2) is 8.78 Å². The number of ketones is 1. The molecule has 3 rings (SSSR count). The summed E-state index contributed by atoms with van der Waals surface area (Å²) in [7, 11) is 0. The molecule has 5 nitrogen and oxygen atoms in total. The van der Waals surface area contributed by atoms with Gasteiger partial charge >= 0.3 is 0 Å². The smallest absolute Gasteiger partial charge is 0.229 e. The average Bonchev–Trinajstić information content (AvgIpc) is 2.97. The first-order valence-corrected chi connectivity index (χ1v) is 8.02. The lowest BCUT2D eigenvalue weighted by Gasteiger charge is -2.17. The fourth-order valence-electron chi connectivity index (χ4n) is 2.85. The van der Waals surface area contributed by atoms with Gasteiger partial charge in [0.15, 0.2) is 5.78 Å². The molecule has 0 spiro atoms. The highest BCUT2D eigenvalue weighted by atomic mass is 19.1. The molecule has 0 saturated carbocycles. The number of nitrogens with one attached hydrogen (secondary N) is 1. The van der Waals surface area contributed by atoms with E-state index in [1.807, 2.05) is 0 Å². The molecule has 1 heterocycles. The lowest BCUT2D eigenvalue weighted by molar-refractivity contribution is -0.122. The normalized spacial score (nSPS) is 16.7. The molecule has 0 aromatic heterocycles. The number of carbonyl (C=O) groups excluding carboxylic acids is 3. The highest BCUT2D eigenvalue weighted by Crippen LogP contribution is 2.28. The molecule has 26 heavy (non-hydrogen) atoms. The molecule has 0 radical (unpaired) electrons. The van der Waals surface area contributed by atoms with E-state index in [0.29, 0.717) is 17.3 Å². The third-order valence-corrected chi connectivity index (χ3v) is 4.26. The van der Waals surface area contributed by atoms with E-state index in [4.69, 9.17) is 0 Å². The van der Waals surface area contributed by atoms with Crippen molar-refractivity contribution in [1.29, 1.82) is 0 Å². The van der Waals surface area contributed by atoms with E-state index in [1.165, 1.54) is 13.0 Å². The van der Waals surface area contributed by atoms with Gasteiger partial charge in [-0.15, -0.1) is 0 Å². The number of anilines is 2. The molecule has 1 N–H and O–H groups in total. The Labute approximate surface area is 148 Å². The summed E-state index contributed by atoms with van der Waals surface area (Å²) in [4.78, 5) is 36.9. The number of halogens is 2. The van der Waals surface area contributed by atoms with Gasteiger partial charge in [0.2, 0.25) is 11.8 Å². The standard InChI is InChI=1S/C19H16F2N2O3/c1-11(24)12-2-5-15(6-3-12)22-19(26)13-8-18(25)23(10-13)17-7-4-14(20)9-16(17)21/h2-7,9,13H,8,10H2,1H3,(H,22,26). The summed E-state index contributed by atoms with van der Waals surface area (Å²) in [5, 5.41) is 2.68. The quantitative estimate of drug-likeness (QED) is 0.854. The maximum absolute atomic E-state index is 13.9. The van der Waals surface area contributed by atoms with Crippen LogP contribution in [0.25, 0.3) is 0 Å². The van der Waals surface area contributed by atoms with E-state index in [1.54, 1.807) is 24.3 Å². The van der Waals surface area contributed by atoms with E-state index in [2.05, 4.69) is 5.32 Å². The Morgan fingerprint density at radius 2 is 1.81 bits per heavy atom. The van der Waals surface area contributed by atoms with Gasteiger partial charge in [0.05, 0.1) is 11.6 Å². The number of benzene rings is 2. The lowest BCUT2D eigenvalue weighted by atomic mass is 10.1. The molecule has 2 aromatic carbocycles. The number of hydrogen-bond acceptors (Lipinski definition) is 3. The molecule has 1 saturated heterocycles. The van der Waals surface area contributed by atoms with Crippen molar-refractivity contribution in [3.63, 3.8) is 0 Å². The topological polar surface area (TPSA) is 66.5 Å². The monoisotopic (exact) mass is 358 g/mol. The van der Waals surface area contributed by atoms with Crippen molar-refractivity contribution in [3.05, 3.63) is 59.7 Å². The van der Waals surface area contributed by atoms with Crippen LogP contribution in [0, 0.1) is 17.6 Å². The van der Waals surface area contributed by atoms with E-state index in [9.17, 15) is 23.2 Å². The molecule has 1 atom stereocenters. The van der Waals surface area contributed by atoms with Crippen molar-refractivity contribution in [2.45, 2.75) is 13.3 Å². The minimum atomic E-state index is -0.848. The Morgan fingerprint density at radius 1 is 1.12 bits per heavy atom. The number of rotatable bonds is 4. The summed E-state index contributed by atoms with van der Waals surface area (Å²) >= 11 is 0. The van der Waals surface area contributed by atoms with Crippen LogP contribution in [0.15, 0.2) is 42.5 Å². The Hall–Kier alpha value is -3.09. The molecule has 1 fully saturated rings. The highest BCUT2D eigenvalue weighted by Gasteiger charge is 2.36. The lowest BCUT2D eigenvalue weighted by Crippen LogP contribution is -2.28. The Balaban J connectivity index is 1.69. The average molecular weight is 358 g/mol. The molecule has 1 unspecified atom stereocenters. The Morgan fingerprint density at radius 3 is 2.42 bits per heavy atom. The maximum Gasteiger partial charge on any atom is 0.229 e. The molecular weight excluding hydrogens is 342 g/mol. The van der Waals surface area contributed by atoms with Crippen LogP contribution in [-0.2, 0) is 9.59 Å². The molecule has 1 aliphatic heterocycles. The van der Waals surface area contributed by atoms with Crippen molar-refractivity contribution < 1.29 is 23.2 Å². The van der Waals surface area contributed by atoms with Crippen LogP contribution in [0.1, 0.15) is 23.7 Å². The SMILES string of the molecule is CC(=O)c1ccc(NC(=O)C2CC(=O)N(c3ccc(F)cc3F)C2)cc1. The number of hydrogen-bond donors (Lipinski definition) is 1. The second kappa shape index (κ2) is 7.03. The minimum Gasteiger partial charge on any atom is -0.326 e.